The number of benzene rings is 3. The molecule has 0 unspecified atom stereocenters. The Morgan fingerprint density at radius 1 is 1.08 bits per heavy atom. The number of hydrogen-bond donors (Lipinski definition) is 1. The minimum absolute atomic E-state index is 0.265. The Kier molecular flexibility index (Phi) is 8.32. The van der Waals surface area contributed by atoms with E-state index in [2.05, 4.69) is 34.0 Å². The zero-order valence-electron chi connectivity index (χ0n) is 19.6. The first-order chi connectivity index (χ1) is 17.3. The topological polar surface area (TPSA) is 84.9 Å². The molecule has 0 radical (unpaired) electrons. The van der Waals surface area contributed by atoms with Gasteiger partial charge >= 0.3 is 0 Å². The molecule has 0 aliphatic carbocycles. The molecule has 1 saturated heterocycles. The standard InChI is InChI=1S/C27H23IN2O5S/c1-17-4-3-5-19(12-17)16-35-23-11-6-18(13-22(23)28)14-24-26(32)30(27(33)36-24)15-25(31)29-20-7-9-21(34-2)10-8-20/h3-14H,15-16H2,1-2H3,(H,29,31)/b24-14+. The summed E-state index contributed by atoms with van der Waals surface area (Å²) in [5.74, 6) is 0.431. The fraction of sp³-hybridized carbons (Fsp3) is 0.148. The summed E-state index contributed by atoms with van der Waals surface area (Å²) in [6, 6.07) is 20.5. The number of thioether (sulfide) groups is 1. The smallest absolute Gasteiger partial charge is 0.294 e. The first-order valence-corrected chi connectivity index (χ1v) is 12.9. The van der Waals surface area contributed by atoms with E-state index in [-0.39, 0.29) is 11.4 Å². The molecule has 1 N–H and O–H groups in total. The van der Waals surface area contributed by atoms with Gasteiger partial charge in [0.2, 0.25) is 5.91 Å². The van der Waals surface area contributed by atoms with Gasteiger partial charge in [-0.2, -0.15) is 0 Å². The molecule has 3 amide bonds. The van der Waals surface area contributed by atoms with Crippen molar-refractivity contribution in [3.63, 3.8) is 0 Å². The summed E-state index contributed by atoms with van der Waals surface area (Å²) in [6.45, 7) is 2.13. The van der Waals surface area contributed by atoms with Crippen LogP contribution >= 0.6 is 34.4 Å². The van der Waals surface area contributed by atoms with Crippen LogP contribution in [0.3, 0.4) is 0 Å². The highest BCUT2D eigenvalue weighted by atomic mass is 127. The van der Waals surface area contributed by atoms with Crippen molar-refractivity contribution in [2.75, 3.05) is 19.0 Å². The first-order valence-electron chi connectivity index (χ1n) is 11.0. The van der Waals surface area contributed by atoms with Gasteiger partial charge in [-0.25, -0.2) is 0 Å². The number of hydrogen-bond acceptors (Lipinski definition) is 6. The van der Waals surface area contributed by atoms with Gasteiger partial charge in [0.25, 0.3) is 11.1 Å². The Hall–Kier alpha value is -3.31. The Balaban J connectivity index is 1.38. The van der Waals surface area contributed by atoms with Crippen LogP contribution in [-0.2, 0) is 16.2 Å². The molecule has 0 atom stereocenters. The number of methoxy groups -OCH3 is 1. The fourth-order valence-corrected chi connectivity index (χ4v) is 5.03. The number of halogens is 1. The molecular weight excluding hydrogens is 591 g/mol. The van der Waals surface area contributed by atoms with E-state index in [1.807, 2.05) is 43.3 Å². The van der Waals surface area contributed by atoms with Crippen LogP contribution in [0.2, 0.25) is 0 Å². The van der Waals surface area contributed by atoms with Gasteiger partial charge in [-0.3, -0.25) is 19.3 Å². The van der Waals surface area contributed by atoms with Gasteiger partial charge in [0.1, 0.15) is 24.7 Å². The van der Waals surface area contributed by atoms with Crippen LogP contribution in [0.25, 0.3) is 6.08 Å². The van der Waals surface area contributed by atoms with E-state index in [1.54, 1.807) is 37.5 Å². The molecule has 9 heteroatoms. The van der Waals surface area contributed by atoms with Crippen LogP contribution < -0.4 is 14.8 Å². The zero-order chi connectivity index (χ0) is 25.7. The molecule has 4 rings (SSSR count). The van der Waals surface area contributed by atoms with E-state index in [9.17, 15) is 14.4 Å². The fourth-order valence-electron chi connectivity index (χ4n) is 3.49. The number of rotatable bonds is 8. The number of nitrogens with one attached hydrogen (secondary N) is 1. The number of ether oxygens (including phenoxy) is 2. The Morgan fingerprint density at radius 2 is 1.86 bits per heavy atom. The number of carbonyl (C=O) groups is 3. The highest BCUT2D eigenvalue weighted by molar-refractivity contribution is 14.1. The van der Waals surface area contributed by atoms with Crippen LogP contribution in [0.1, 0.15) is 16.7 Å². The SMILES string of the molecule is COc1ccc(NC(=O)CN2C(=O)S/C(=C/c3ccc(OCc4cccc(C)c4)c(I)c3)C2=O)cc1. The third kappa shape index (κ3) is 6.46. The maximum absolute atomic E-state index is 12.8. The summed E-state index contributed by atoms with van der Waals surface area (Å²) < 4.78 is 11.9. The normalized spacial score (nSPS) is 14.3. The number of amides is 3. The predicted molar refractivity (Wildman–Crippen MR) is 149 cm³/mol. The van der Waals surface area contributed by atoms with Crippen molar-refractivity contribution in [2.45, 2.75) is 13.5 Å². The molecule has 3 aromatic rings. The van der Waals surface area contributed by atoms with Gasteiger partial charge in [0.05, 0.1) is 15.6 Å². The summed E-state index contributed by atoms with van der Waals surface area (Å²) in [5, 5.41) is 2.20. The van der Waals surface area contributed by atoms with Crippen molar-refractivity contribution in [3.8, 4) is 11.5 Å². The Labute approximate surface area is 227 Å². The minimum atomic E-state index is -0.496. The van der Waals surface area contributed by atoms with E-state index in [0.717, 1.165) is 37.1 Å². The molecule has 184 valence electrons. The number of imide groups is 1. The number of aryl methyl sites for hydroxylation is 1. The average Bonchev–Trinajstić information content (AvgIpc) is 3.11. The van der Waals surface area contributed by atoms with Crippen molar-refractivity contribution in [1.29, 1.82) is 0 Å². The number of carbonyl (C=O) groups excluding carboxylic acids is 3. The van der Waals surface area contributed by atoms with Gasteiger partial charge in [-0.05, 0) is 94.9 Å². The van der Waals surface area contributed by atoms with Gasteiger partial charge in [0.15, 0.2) is 0 Å². The molecule has 0 spiro atoms. The number of anilines is 1. The van der Waals surface area contributed by atoms with Crippen LogP contribution in [0.4, 0.5) is 10.5 Å². The molecule has 1 aliphatic heterocycles. The van der Waals surface area contributed by atoms with Crippen molar-refractivity contribution >= 4 is 63.2 Å². The molecule has 1 heterocycles. The lowest BCUT2D eigenvalue weighted by atomic mass is 10.1. The summed E-state index contributed by atoms with van der Waals surface area (Å²) in [6.07, 6.45) is 1.65. The second kappa shape index (κ2) is 11.6. The third-order valence-corrected chi connectivity index (χ3v) is 7.03. The van der Waals surface area contributed by atoms with Crippen molar-refractivity contribution in [3.05, 3.63) is 91.9 Å². The lowest BCUT2D eigenvalue weighted by molar-refractivity contribution is -0.127. The van der Waals surface area contributed by atoms with Crippen molar-refractivity contribution in [2.24, 2.45) is 0 Å². The maximum atomic E-state index is 12.8. The van der Waals surface area contributed by atoms with Gasteiger partial charge in [-0.1, -0.05) is 35.9 Å². The molecule has 36 heavy (non-hydrogen) atoms. The second-order valence-corrected chi connectivity index (χ2v) is 10.2. The van der Waals surface area contributed by atoms with E-state index in [4.69, 9.17) is 9.47 Å². The van der Waals surface area contributed by atoms with Crippen molar-refractivity contribution in [1.82, 2.24) is 4.90 Å². The van der Waals surface area contributed by atoms with Gasteiger partial charge < -0.3 is 14.8 Å². The van der Waals surface area contributed by atoms with E-state index < -0.39 is 17.1 Å². The molecule has 7 nitrogen and oxygen atoms in total. The van der Waals surface area contributed by atoms with Gasteiger partial charge in [-0.15, -0.1) is 0 Å². The van der Waals surface area contributed by atoms with Crippen LogP contribution in [-0.4, -0.2) is 35.6 Å². The lowest BCUT2D eigenvalue weighted by Gasteiger charge is -2.12. The largest absolute Gasteiger partial charge is 0.497 e. The lowest BCUT2D eigenvalue weighted by Crippen LogP contribution is -2.36. The summed E-state index contributed by atoms with van der Waals surface area (Å²) >= 11 is 3.00. The first kappa shape index (κ1) is 25.8. The molecule has 1 fully saturated rings. The molecule has 1 aliphatic rings. The van der Waals surface area contributed by atoms with Crippen molar-refractivity contribution < 1.29 is 23.9 Å². The molecular formula is C27H23IN2O5S. The average molecular weight is 614 g/mol. The summed E-state index contributed by atoms with van der Waals surface area (Å²) in [4.78, 5) is 38.9. The molecule has 0 saturated carbocycles. The second-order valence-electron chi connectivity index (χ2n) is 8.01. The Bertz CT molecular complexity index is 1340. The van der Waals surface area contributed by atoms with E-state index in [0.29, 0.717) is 18.0 Å². The molecule has 3 aromatic carbocycles. The highest BCUT2D eigenvalue weighted by Crippen LogP contribution is 2.33. The third-order valence-electron chi connectivity index (χ3n) is 5.28. The summed E-state index contributed by atoms with van der Waals surface area (Å²) in [7, 11) is 1.55. The van der Waals surface area contributed by atoms with E-state index in [1.165, 1.54) is 5.56 Å². The Morgan fingerprint density at radius 3 is 2.56 bits per heavy atom. The monoisotopic (exact) mass is 614 g/mol. The van der Waals surface area contributed by atoms with Gasteiger partial charge in [0, 0.05) is 5.69 Å². The van der Waals surface area contributed by atoms with Crippen LogP contribution in [0, 0.1) is 10.5 Å². The van der Waals surface area contributed by atoms with Crippen LogP contribution in [0.15, 0.2) is 71.6 Å². The number of nitrogens with zero attached hydrogens (tertiary/aromatic N) is 1. The maximum Gasteiger partial charge on any atom is 0.294 e. The predicted octanol–water partition coefficient (Wildman–Crippen LogP) is 5.86. The molecule has 0 aromatic heterocycles. The minimum Gasteiger partial charge on any atom is -0.497 e. The summed E-state index contributed by atoms with van der Waals surface area (Å²) in [5.41, 5.74) is 3.56. The zero-order valence-corrected chi connectivity index (χ0v) is 22.6. The highest BCUT2D eigenvalue weighted by Gasteiger charge is 2.36. The van der Waals surface area contributed by atoms with Crippen LogP contribution in [0.5, 0.6) is 11.5 Å². The van der Waals surface area contributed by atoms with E-state index >= 15 is 0 Å². The molecule has 0 bridgehead atoms. The quantitative estimate of drug-likeness (QED) is 0.253.